The fourth-order valence-corrected chi connectivity index (χ4v) is 6.26. The van der Waals surface area contributed by atoms with Gasteiger partial charge in [-0.25, -0.2) is 4.57 Å². The molecule has 0 aromatic rings. The van der Waals surface area contributed by atoms with E-state index in [0.29, 0.717) is 6.42 Å². The van der Waals surface area contributed by atoms with Gasteiger partial charge in [-0.05, 0) is 51.9 Å². The summed E-state index contributed by atoms with van der Waals surface area (Å²) in [5.74, 6) is -0.942. The number of carbonyl (C=O) groups is 2. The van der Waals surface area contributed by atoms with Gasteiger partial charge in [0.05, 0.1) is 19.3 Å². The van der Waals surface area contributed by atoms with Gasteiger partial charge in [0, 0.05) is 19.4 Å². The highest BCUT2D eigenvalue weighted by molar-refractivity contribution is 7.47. The van der Waals surface area contributed by atoms with Gasteiger partial charge in [0.15, 0.2) is 6.10 Å². The molecule has 0 aliphatic carbocycles. The SMILES string of the molecule is CCCCCCCCCCCCCCCCCC(=O)OCC(COP(=O)(O)OCCN)OC(=O)CC/C=C/C/C=C/C/C=C/C/C=C/C/C=C/C/C=C\C(C)O. The molecule has 3 atom stereocenters. The van der Waals surface area contributed by atoms with Crippen LogP contribution in [0.25, 0.3) is 0 Å². The number of esters is 2. The second-order valence-electron chi connectivity index (χ2n) is 14.1. The third-order valence-electron chi connectivity index (χ3n) is 8.63. The topological polar surface area (TPSA) is 155 Å². The highest BCUT2D eigenvalue weighted by Gasteiger charge is 2.25. The number of phosphoric ester groups is 1. The molecular weight excluding hydrogens is 729 g/mol. The fraction of sp³-hybridized carbons (Fsp3) is 0.689. The lowest BCUT2D eigenvalue weighted by molar-refractivity contribution is -0.161. The van der Waals surface area contributed by atoms with Crippen LogP contribution in [-0.2, 0) is 32.7 Å². The molecule has 0 amide bonds. The Hall–Kier alpha value is -2.59. The van der Waals surface area contributed by atoms with Crippen LogP contribution >= 0.6 is 7.82 Å². The number of phosphoric acid groups is 1. The molecule has 322 valence electrons. The zero-order valence-corrected chi connectivity index (χ0v) is 35.8. The number of nitrogens with two attached hydrogens (primary N) is 1. The van der Waals surface area contributed by atoms with Crippen molar-refractivity contribution >= 4 is 19.8 Å². The van der Waals surface area contributed by atoms with Gasteiger partial charge in [-0.2, -0.15) is 0 Å². The summed E-state index contributed by atoms with van der Waals surface area (Å²) in [6.45, 7) is 3.10. The minimum Gasteiger partial charge on any atom is -0.462 e. The molecule has 3 unspecified atom stereocenters. The molecule has 0 bridgehead atoms. The van der Waals surface area contributed by atoms with E-state index < -0.39 is 38.6 Å². The van der Waals surface area contributed by atoms with Gasteiger partial charge in [-0.1, -0.05) is 170 Å². The lowest BCUT2D eigenvalue weighted by Crippen LogP contribution is -2.29. The van der Waals surface area contributed by atoms with Crippen molar-refractivity contribution in [2.75, 3.05) is 26.4 Å². The number of hydrogen-bond donors (Lipinski definition) is 3. The molecule has 4 N–H and O–H groups in total. The zero-order chi connectivity index (χ0) is 41.2. The maximum absolute atomic E-state index is 12.5. The van der Waals surface area contributed by atoms with E-state index in [9.17, 15) is 24.2 Å². The van der Waals surface area contributed by atoms with Crippen molar-refractivity contribution in [2.24, 2.45) is 5.73 Å². The summed E-state index contributed by atoms with van der Waals surface area (Å²) in [4.78, 5) is 34.8. The molecule has 0 saturated carbocycles. The predicted molar refractivity (Wildman–Crippen MR) is 230 cm³/mol. The van der Waals surface area contributed by atoms with Gasteiger partial charge in [-0.3, -0.25) is 18.6 Å². The van der Waals surface area contributed by atoms with Crippen molar-refractivity contribution in [3.8, 4) is 0 Å². The first-order valence-electron chi connectivity index (χ1n) is 21.5. The summed E-state index contributed by atoms with van der Waals surface area (Å²) in [6, 6.07) is 0. The quantitative estimate of drug-likeness (QED) is 0.0236. The predicted octanol–water partition coefficient (Wildman–Crippen LogP) is 11.2. The van der Waals surface area contributed by atoms with Crippen molar-refractivity contribution in [1.82, 2.24) is 0 Å². The smallest absolute Gasteiger partial charge is 0.462 e. The van der Waals surface area contributed by atoms with Crippen LogP contribution in [0.4, 0.5) is 0 Å². The molecule has 0 radical (unpaired) electrons. The molecule has 0 fully saturated rings. The third-order valence-corrected chi connectivity index (χ3v) is 9.62. The molecule has 0 rings (SSSR count). The van der Waals surface area contributed by atoms with E-state index in [0.717, 1.165) is 51.4 Å². The second-order valence-corrected chi connectivity index (χ2v) is 15.6. The molecule has 0 aromatic heterocycles. The van der Waals surface area contributed by atoms with Crippen LogP contribution in [0.5, 0.6) is 0 Å². The summed E-state index contributed by atoms with van der Waals surface area (Å²) < 4.78 is 32.7. The average Bonchev–Trinajstić information content (AvgIpc) is 3.17. The van der Waals surface area contributed by atoms with E-state index in [2.05, 4.69) is 55.5 Å². The van der Waals surface area contributed by atoms with Crippen molar-refractivity contribution < 1.29 is 42.7 Å². The zero-order valence-electron chi connectivity index (χ0n) is 35.0. The number of ether oxygens (including phenoxy) is 2. The largest absolute Gasteiger partial charge is 0.472 e. The number of carbonyl (C=O) groups excluding carboxylic acids is 2. The van der Waals surface area contributed by atoms with Gasteiger partial charge in [-0.15, -0.1) is 0 Å². The lowest BCUT2D eigenvalue weighted by atomic mass is 10.0. The van der Waals surface area contributed by atoms with Gasteiger partial charge >= 0.3 is 19.8 Å². The van der Waals surface area contributed by atoms with E-state index in [-0.39, 0.29) is 32.6 Å². The highest BCUT2D eigenvalue weighted by Crippen LogP contribution is 2.43. The molecule has 0 heterocycles. The lowest BCUT2D eigenvalue weighted by Gasteiger charge is -2.19. The summed E-state index contributed by atoms with van der Waals surface area (Å²) in [5.41, 5.74) is 5.34. The molecule has 0 aromatic carbocycles. The number of aliphatic hydroxyl groups excluding tert-OH is 1. The molecule has 0 aliphatic rings. The van der Waals surface area contributed by atoms with E-state index in [4.69, 9.17) is 24.3 Å². The summed E-state index contributed by atoms with van der Waals surface area (Å²) in [5, 5.41) is 9.17. The molecule has 11 heteroatoms. The number of allylic oxidation sites excluding steroid dienone is 11. The molecule has 10 nitrogen and oxygen atoms in total. The van der Waals surface area contributed by atoms with E-state index in [1.54, 1.807) is 13.0 Å². The first-order valence-corrected chi connectivity index (χ1v) is 23.0. The van der Waals surface area contributed by atoms with Gasteiger partial charge in [0.2, 0.25) is 0 Å². The number of aliphatic hydroxyl groups is 1. The number of unbranched alkanes of at least 4 members (excludes halogenated alkanes) is 14. The van der Waals surface area contributed by atoms with E-state index >= 15 is 0 Å². The third kappa shape index (κ3) is 41.1. The minimum absolute atomic E-state index is 0.0347. The van der Waals surface area contributed by atoms with Gasteiger partial charge in [0.25, 0.3) is 0 Å². The Morgan fingerprint density at radius 3 is 1.52 bits per heavy atom. The first kappa shape index (κ1) is 53.4. The minimum atomic E-state index is -4.40. The van der Waals surface area contributed by atoms with Crippen LogP contribution in [0.15, 0.2) is 72.9 Å². The van der Waals surface area contributed by atoms with Crippen molar-refractivity contribution in [2.45, 2.75) is 174 Å². The standard InChI is InChI=1S/C45H78NO9P/c1-3-4-5-6-7-8-9-10-14-18-21-24-27-30-33-36-44(48)52-40-43(41-54-56(50,51)53-39-38-46)55-45(49)37-34-31-28-25-22-19-16-13-11-12-15-17-20-23-26-29-32-35-42(2)47/h11,13,15,17,19,22-23,26,28,31-32,35,42-43,47H,3-10,12,14,16,18,20-21,24-25,27,29-30,33-34,36-41,46H2,1-2H3,(H,50,51)/b13-11+,17-15+,22-19+,26-23+,31-28+,35-32-. The van der Waals surface area contributed by atoms with Crippen LogP contribution in [0.3, 0.4) is 0 Å². The number of rotatable bonds is 39. The average molecular weight is 808 g/mol. The highest BCUT2D eigenvalue weighted by atomic mass is 31.2. The molecular formula is C45H78NO9P. The Balaban J connectivity index is 4.30. The fourth-order valence-electron chi connectivity index (χ4n) is 5.50. The Bertz CT molecular complexity index is 1160. The normalized spacial score (nSPS) is 14.6. The maximum atomic E-state index is 12.5. The van der Waals surface area contributed by atoms with Crippen LogP contribution in [0.2, 0.25) is 0 Å². The van der Waals surface area contributed by atoms with Gasteiger partial charge < -0.3 is 25.2 Å². The van der Waals surface area contributed by atoms with E-state index in [1.807, 2.05) is 18.2 Å². The van der Waals surface area contributed by atoms with Crippen LogP contribution in [0.1, 0.15) is 162 Å². The Morgan fingerprint density at radius 1 is 0.607 bits per heavy atom. The van der Waals surface area contributed by atoms with Crippen LogP contribution in [0, 0.1) is 0 Å². The van der Waals surface area contributed by atoms with Crippen LogP contribution in [-0.4, -0.2) is 60.5 Å². The molecule has 0 saturated heterocycles. The Morgan fingerprint density at radius 2 is 1.05 bits per heavy atom. The van der Waals surface area contributed by atoms with Crippen molar-refractivity contribution in [1.29, 1.82) is 0 Å². The van der Waals surface area contributed by atoms with Crippen molar-refractivity contribution in [3.63, 3.8) is 0 Å². The maximum Gasteiger partial charge on any atom is 0.472 e. The van der Waals surface area contributed by atoms with Crippen LogP contribution < -0.4 is 5.73 Å². The second kappa shape index (κ2) is 40.6. The Kier molecular flexibility index (Phi) is 38.7. The molecule has 0 aliphatic heterocycles. The monoisotopic (exact) mass is 808 g/mol. The summed E-state index contributed by atoms with van der Waals surface area (Å²) >= 11 is 0. The van der Waals surface area contributed by atoms with E-state index in [1.165, 1.54) is 77.0 Å². The summed E-state index contributed by atoms with van der Waals surface area (Å²) in [6.07, 6.45) is 46.6. The Labute approximate surface area is 340 Å². The molecule has 0 spiro atoms. The van der Waals surface area contributed by atoms with Crippen molar-refractivity contribution in [3.05, 3.63) is 72.9 Å². The number of hydrogen-bond acceptors (Lipinski definition) is 9. The first-order chi connectivity index (χ1) is 27.2. The molecule has 56 heavy (non-hydrogen) atoms. The summed E-state index contributed by atoms with van der Waals surface area (Å²) in [7, 11) is -4.40. The van der Waals surface area contributed by atoms with Gasteiger partial charge in [0.1, 0.15) is 6.61 Å².